The normalized spacial score (nSPS) is 27.2. The molecule has 0 saturated heterocycles. The SMILES string of the molecule is CCCCCCC1CCC(c2ccc(OC(=O)C3CCC(C#N)CC3)cc2)CC1. The first-order chi connectivity index (χ1) is 14.2. The maximum Gasteiger partial charge on any atom is 0.314 e. The van der Waals surface area contributed by atoms with Gasteiger partial charge in [0.15, 0.2) is 0 Å². The average Bonchev–Trinajstić information content (AvgIpc) is 2.78. The van der Waals surface area contributed by atoms with Gasteiger partial charge in [-0.2, -0.15) is 5.26 Å². The number of hydrogen-bond donors (Lipinski definition) is 0. The molecule has 0 atom stereocenters. The van der Waals surface area contributed by atoms with Crippen LogP contribution in [0.1, 0.15) is 102 Å². The van der Waals surface area contributed by atoms with E-state index in [1.165, 1.54) is 63.4 Å². The van der Waals surface area contributed by atoms with Crippen LogP contribution in [0.2, 0.25) is 0 Å². The summed E-state index contributed by atoms with van der Waals surface area (Å²) in [4.78, 5) is 12.4. The van der Waals surface area contributed by atoms with Crippen molar-refractivity contribution in [2.45, 2.75) is 96.3 Å². The standard InChI is InChI=1S/C26H37NO2/c1-2-3-4-5-6-20-7-11-22(12-8-20)23-15-17-25(18-16-23)29-26(28)24-13-9-21(19-27)10-14-24/h15-18,20-22,24H,2-14H2,1H3. The second kappa shape index (κ2) is 11.4. The smallest absolute Gasteiger partial charge is 0.314 e. The zero-order chi connectivity index (χ0) is 20.5. The van der Waals surface area contributed by atoms with Gasteiger partial charge in [0.1, 0.15) is 5.75 Å². The lowest BCUT2D eigenvalue weighted by Gasteiger charge is -2.29. The summed E-state index contributed by atoms with van der Waals surface area (Å²) in [6, 6.07) is 10.6. The Bertz CT molecular complexity index is 659. The van der Waals surface area contributed by atoms with Crippen LogP contribution in [-0.4, -0.2) is 5.97 Å². The summed E-state index contributed by atoms with van der Waals surface area (Å²) in [5, 5.41) is 8.99. The molecule has 0 spiro atoms. The lowest BCUT2D eigenvalue weighted by molar-refractivity contribution is -0.140. The highest BCUT2D eigenvalue weighted by molar-refractivity contribution is 5.75. The van der Waals surface area contributed by atoms with E-state index >= 15 is 0 Å². The number of carbonyl (C=O) groups excluding carboxylic acids is 1. The van der Waals surface area contributed by atoms with Crippen LogP contribution in [0, 0.1) is 29.1 Å². The lowest BCUT2D eigenvalue weighted by Crippen LogP contribution is -2.25. The van der Waals surface area contributed by atoms with E-state index in [1.807, 2.05) is 12.1 Å². The highest BCUT2D eigenvalue weighted by Gasteiger charge is 2.28. The van der Waals surface area contributed by atoms with E-state index in [-0.39, 0.29) is 17.8 Å². The molecule has 0 bridgehead atoms. The van der Waals surface area contributed by atoms with Gasteiger partial charge in [0, 0.05) is 5.92 Å². The van der Waals surface area contributed by atoms with E-state index in [2.05, 4.69) is 25.1 Å². The number of ether oxygens (including phenoxy) is 1. The topological polar surface area (TPSA) is 50.1 Å². The third-order valence-electron chi connectivity index (χ3n) is 7.13. The van der Waals surface area contributed by atoms with Crippen molar-refractivity contribution in [3.05, 3.63) is 29.8 Å². The molecular weight excluding hydrogens is 358 g/mol. The lowest BCUT2D eigenvalue weighted by atomic mass is 9.77. The predicted molar refractivity (Wildman–Crippen MR) is 117 cm³/mol. The van der Waals surface area contributed by atoms with Crippen molar-refractivity contribution in [2.24, 2.45) is 17.8 Å². The number of carbonyl (C=O) groups is 1. The van der Waals surface area contributed by atoms with E-state index in [9.17, 15) is 4.79 Å². The van der Waals surface area contributed by atoms with Gasteiger partial charge >= 0.3 is 5.97 Å². The number of hydrogen-bond acceptors (Lipinski definition) is 3. The maximum absolute atomic E-state index is 12.4. The van der Waals surface area contributed by atoms with Gasteiger partial charge in [-0.1, -0.05) is 51.2 Å². The Morgan fingerprint density at radius 2 is 1.66 bits per heavy atom. The first-order valence-corrected chi connectivity index (χ1v) is 11.9. The fourth-order valence-corrected chi connectivity index (χ4v) is 5.11. The largest absolute Gasteiger partial charge is 0.426 e. The third-order valence-corrected chi connectivity index (χ3v) is 7.13. The van der Waals surface area contributed by atoms with E-state index < -0.39 is 0 Å². The fraction of sp³-hybridized carbons (Fsp3) is 0.692. The molecule has 0 aliphatic heterocycles. The maximum atomic E-state index is 12.4. The summed E-state index contributed by atoms with van der Waals surface area (Å²) in [7, 11) is 0. The van der Waals surface area contributed by atoms with Crippen LogP contribution >= 0.6 is 0 Å². The van der Waals surface area contributed by atoms with Gasteiger partial charge < -0.3 is 4.74 Å². The van der Waals surface area contributed by atoms with Crippen molar-refractivity contribution >= 4 is 5.97 Å². The van der Waals surface area contributed by atoms with Crippen LogP contribution in [0.15, 0.2) is 24.3 Å². The molecule has 3 nitrogen and oxygen atoms in total. The molecule has 1 aromatic carbocycles. The van der Waals surface area contributed by atoms with Crippen LogP contribution in [0.3, 0.4) is 0 Å². The summed E-state index contributed by atoms with van der Waals surface area (Å²) in [6.45, 7) is 2.28. The van der Waals surface area contributed by atoms with Crippen LogP contribution in [-0.2, 0) is 4.79 Å². The number of nitriles is 1. The van der Waals surface area contributed by atoms with Crippen molar-refractivity contribution in [1.29, 1.82) is 5.26 Å². The fourth-order valence-electron chi connectivity index (χ4n) is 5.11. The molecule has 3 heteroatoms. The Kier molecular flexibility index (Phi) is 8.59. The molecule has 0 radical (unpaired) electrons. The number of rotatable bonds is 8. The zero-order valence-electron chi connectivity index (χ0n) is 18.1. The molecule has 2 fully saturated rings. The summed E-state index contributed by atoms with van der Waals surface area (Å²) < 4.78 is 5.62. The third kappa shape index (κ3) is 6.59. The minimum atomic E-state index is -0.127. The molecule has 29 heavy (non-hydrogen) atoms. The molecule has 1 aromatic rings. The van der Waals surface area contributed by atoms with E-state index in [1.54, 1.807) is 0 Å². The average molecular weight is 396 g/mol. The van der Waals surface area contributed by atoms with Gasteiger partial charge in [-0.05, 0) is 80.9 Å². The van der Waals surface area contributed by atoms with Gasteiger partial charge in [-0.3, -0.25) is 4.79 Å². The van der Waals surface area contributed by atoms with E-state index in [4.69, 9.17) is 10.00 Å². The molecule has 0 unspecified atom stereocenters. The van der Waals surface area contributed by atoms with Crippen molar-refractivity contribution < 1.29 is 9.53 Å². The quantitative estimate of drug-likeness (QED) is 0.266. The molecule has 0 amide bonds. The first kappa shape index (κ1) is 21.9. The highest BCUT2D eigenvalue weighted by atomic mass is 16.5. The van der Waals surface area contributed by atoms with Crippen molar-refractivity contribution in [3.63, 3.8) is 0 Å². The number of esters is 1. The molecule has 158 valence electrons. The summed E-state index contributed by atoms with van der Waals surface area (Å²) in [5.74, 6) is 2.19. The van der Waals surface area contributed by atoms with E-state index in [0.29, 0.717) is 11.7 Å². The van der Waals surface area contributed by atoms with Gasteiger partial charge in [0.2, 0.25) is 0 Å². The molecule has 3 rings (SSSR count). The van der Waals surface area contributed by atoms with Crippen LogP contribution in [0.4, 0.5) is 0 Å². The summed E-state index contributed by atoms with van der Waals surface area (Å²) >= 11 is 0. The molecule has 0 heterocycles. The monoisotopic (exact) mass is 395 g/mol. The van der Waals surface area contributed by atoms with Gasteiger partial charge in [0.05, 0.1) is 12.0 Å². The minimum absolute atomic E-state index is 0.0492. The molecule has 0 aromatic heterocycles. The molecule has 2 saturated carbocycles. The predicted octanol–water partition coefficient (Wildman–Crippen LogP) is 7.17. The van der Waals surface area contributed by atoms with Crippen LogP contribution < -0.4 is 4.74 Å². The number of nitrogens with zero attached hydrogens (tertiary/aromatic N) is 1. The summed E-state index contributed by atoms with van der Waals surface area (Å²) in [6.07, 6.45) is 15.4. The second-order valence-corrected chi connectivity index (χ2v) is 9.23. The van der Waals surface area contributed by atoms with Crippen molar-refractivity contribution in [1.82, 2.24) is 0 Å². The van der Waals surface area contributed by atoms with Crippen LogP contribution in [0.5, 0.6) is 5.75 Å². The van der Waals surface area contributed by atoms with Gasteiger partial charge in [-0.15, -0.1) is 0 Å². The summed E-state index contributed by atoms with van der Waals surface area (Å²) in [5.41, 5.74) is 1.39. The van der Waals surface area contributed by atoms with E-state index in [0.717, 1.165) is 31.6 Å². The van der Waals surface area contributed by atoms with Gasteiger partial charge in [0.25, 0.3) is 0 Å². The molecule has 2 aliphatic rings. The Balaban J connectivity index is 1.41. The molecule has 2 aliphatic carbocycles. The number of unbranched alkanes of at least 4 members (excludes halogenated alkanes) is 3. The van der Waals surface area contributed by atoms with Crippen molar-refractivity contribution in [3.8, 4) is 11.8 Å². The minimum Gasteiger partial charge on any atom is -0.426 e. The second-order valence-electron chi connectivity index (χ2n) is 9.23. The van der Waals surface area contributed by atoms with Gasteiger partial charge in [-0.25, -0.2) is 0 Å². The highest BCUT2D eigenvalue weighted by Crippen LogP contribution is 2.38. The molecular formula is C26H37NO2. The Morgan fingerprint density at radius 3 is 2.28 bits per heavy atom. The molecule has 0 N–H and O–H groups in total. The van der Waals surface area contributed by atoms with Crippen LogP contribution in [0.25, 0.3) is 0 Å². The Morgan fingerprint density at radius 1 is 0.966 bits per heavy atom. The zero-order valence-corrected chi connectivity index (χ0v) is 18.1. The van der Waals surface area contributed by atoms with Crippen molar-refractivity contribution in [2.75, 3.05) is 0 Å². The Labute approximate surface area is 176 Å². The number of benzene rings is 1. The Hall–Kier alpha value is -1.82. The first-order valence-electron chi connectivity index (χ1n) is 11.9.